The maximum atomic E-state index is 9.98. The van der Waals surface area contributed by atoms with Crippen LogP contribution in [0.3, 0.4) is 0 Å². The topological polar surface area (TPSA) is 64.5 Å². The molecule has 0 saturated heterocycles. The Morgan fingerprint density at radius 1 is 1.20 bits per heavy atom. The lowest BCUT2D eigenvalue weighted by molar-refractivity contribution is 0.0815. The van der Waals surface area contributed by atoms with Gasteiger partial charge >= 0.3 is 0 Å². The van der Waals surface area contributed by atoms with E-state index in [0.717, 1.165) is 29.7 Å². The molecule has 2 atom stereocenters. The zero-order chi connectivity index (χ0) is 15.0. The summed E-state index contributed by atoms with van der Waals surface area (Å²) in [6.45, 7) is 6.02. The lowest BCUT2D eigenvalue weighted by Crippen LogP contribution is -2.48. The Morgan fingerprint density at radius 2 is 1.85 bits per heavy atom. The molecule has 4 heteroatoms. The van der Waals surface area contributed by atoms with Gasteiger partial charge in [0.15, 0.2) is 6.35 Å². The molecule has 20 heavy (non-hydrogen) atoms. The second-order valence-corrected chi connectivity index (χ2v) is 5.00. The number of hydrogen-bond acceptors (Lipinski definition) is 4. The van der Waals surface area contributed by atoms with E-state index >= 15 is 0 Å². The van der Waals surface area contributed by atoms with Crippen molar-refractivity contribution in [3.63, 3.8) is 0 Å². The first-order valence-corrected chi connectivity index (χ1v) is 7.12. The predicted molar refractivity (Wildman–Crippen MR) is 82.8 cm³/mol. The summed E-state index contributed by atoms with van der Waals surface area (Å²) in [7, 11) is 0. The SMILES string of the molecule is CCC[C@@H](CO)NC(O)N/C(C)=C(\C)c1ccccc1. The van der Waals surface area contributed by atoms with Crippen molar-refractivity contribution in [3.05, 3.63) is 41.6 Å². The monoisotopic (exact) mass is 278 g/mol. The fourth-order valence-electron chi connectivity index (χ4n) is 2.06. The number of aliphatic hydroxyl groups is 2. The van der Waals surface area contributed by atoms with E-state index in [9.17, 15) is 10.2 Å². The van der Waals surface area contributed by atoms with Crippen molar-refractivity contribution in [2.45, 2.75) is 46.0 Å². The summed E-state index contributed by atoms with van der Waals surface area (Å²) in [4.78, 5) is 0. The summed E-state index contributed by atoms with van der Waals surface area (Å²) >= 11 is 0. The minimum atomic E-state index is -0.864. The van der Waals surface area contributed by atoms with Crippen molar-refractivity contribution in [1.82, 2.24) is 10.6 Å². The second-order valence-electron chi connectivity index (χ2n) is 5.00. The van der Waals surface area contributed by atoms with E-state index < -0.39 is 6.35 Å². The highest BCUT2D eigenvalue weighted by Crippen LogP contribution is 2.16. The molecule has 1 aromatic carbocycles. The van der Waals surface area contributed by atoms with Gasteiger partial charge < -0.3 is 15.5 Å². The molecule has 0 aromatic heterocycles. The molecule has 0 bridgehead atoms. The van der Waals surface area contributed by atoms with Crippen LogP contribution in [-0.4, -0.2) is 29.2 Å². The van der Waals surface area contributed by atoms with Crippen LogP contribution in [-0.2, 0) is 0 Å². The summed E-state index contributed by atoms with van der Waals surface area (Å²) in [5.74, 6) is 0. The number of aliphatic hydroxyl groups excluding tert-OH is 2. The van der Waals surface area contributed by atoms with Crippen molar-refractivity contribution in [2.24, 2.45) is 0 Å². The van der Waals surface area contributed by atoms with Crippen LogP contribution in [0.2, 0.25) is 0 Å². The lowest BCUT2D eigenvalue weighted by Gasteiger charge is -2.23. The molecular weight excluding hydrogens is 252 g/mol. The van der Waals surface area contributed by atoms with Gasteiger partial charge in [-0.3, -0.25) is 5.32 Å². The van der Waals surface area contributed by atoms with Crippen molar-refractivity contribution in [3.8, 4) is 0 Å². The lowest BCUT2D eigenvalue weighted by atomic mass is 10.1. The van der Waals surface area contributed by atoms with Gasteiger partial charge in [-0.25, -0.2) is 0 Å². The molecule has 0 fully saturated rings. The third-order valence-electron chi connectivity index (χ3n) is 3.37. The van der Waals surface area contributed by atoms with Crippen LogP contribution in [0.4, 0.5) is 0 Å². The molecule has 4 N–H and O–H groups in total. The molecule has 112 valence electrons. The van der Waals surface area contributed by atoms with Crippen LogP contribution in [0.1, 0.15) is 39.2 Å². The van der Waals surface area contributed by atoms with Gasteiger partial charge in [0.1, 0.15) is 0 Å². The molecule has 0 saturated carbocycles. The Kier molecular flexibility index (Phi) is 7.30. The zero-order valence-corrected chi connectivity index (χ0v) is 12.6. The fourth-order valence-corrected chi connectivity index (χ4v) is 2.06. The van der Waals surface area contributed by atoms with E-state index in [-0.39, 0.29) is 12.6 Å². The standard InChI is InChI=1S/C16H26N2O2/c1-4-8-15(11-19)18-16(20)17-13(3)12(2)14-9-6-5-7-10-14/h5-7,9-10,15-20H,4,8,11H2,1-3H3/b13-12+/t15-,16?/m0/s1. The summed E-state index contributed by atoms with van der Waals surface area (Å²) in [6, 6.07) is 9.94. The third-order valence-corrected chi connectivity index (χ3v) is 3.37. The molecule has 0 aliphatic rings. The normalized spacial score (nSPS) is 15.4. The highest BCUT2D eigenvalue weighted by molar-refractivity contribution is 5.65. The van der Waals surface area contributed by atoms with Crippen LogP contribution in [0.5, 0.6) is 0 Å². The van der Waals surface area contributed by atoms with Crippen LogP contribution >= 0.6 is 0 Å². The molecule has 1 unspecified atom stereocenters. The molecule has 0 heterocycles. The van der Waals surface area contributed by atoms with Gasteiger partial charge in [0, 0.05) is 11.7 Å². The van der Waals surface area contributed by atoms with Gasteiger partial charge in [0.2, 0.25) is 0 Å². The summed E-state index contributed by atoms with van der Waals surface area (Å²) in [5, 5.41) is 25.2. The van der Waals surface area contributed by atoms with Crippen molar-refractivity contribution in [1.29, 1.82) is 0 Å². The molecule has 0 radical (unpaired) electrons. The highest BCUT2D eigenvalue weighted by Gasteiger charge is 2.12. The maximum absolute atomic E-state index is 9.98. The number of allylic oxidation sites excluding steroid dienone is 2. The Balaban J connectivity index is 2.62. The van der Waals surface area contributed by atoms with Crippen LogP contribution in [0.15, 0.2) is 36.0 Å². The van der Waals surface area contributed by atoms with Gasteiger partial charge in [0.05, 0.1) is 6.61 Å². The van der Waals surface area contributed by atoms with E-state index in [0.29, 0.717) is 0 Å². The van der Waals surface area contributed by atoms with Crippen molar-refractivity contribution < 1.29 is 10.2 Å². The average molecular weight is 278 g/mol. The molecule has 4 nitrogen and oxygen atoms in total. The fraction of sp³-hybridized carbons (Fsp3) is 0.500. The second kappa shape index (κ2) is 8.74. The maximum Gasteiger partial charge on any atom is 0.181 e. The number of benzene rings is 1. The minimum Gasteiger partial charge on any atom is -0.395 e. The summed E-state index contributed by atoms with van der Waals surface area (Å²) in [6.07, 6.45) is 0.927. The number of nitrogens with one attached hydrogen (secondary N) is 2. The Labute approximate surface area is 121 Å². The zero-order valence-electron chi connectivity index (χ0n) is 12.6. The first-order valence-electron chi connectivity index (χ1n) is 7.12. The first-order chi connectivity index (χ1) is 9.58. The van der Waals surface area contributed by atoms with Gasteiger partial charge in [-0.05, 0) is 31.4 Å². The largest absolute Gasteiger partial charge is 0.395 e. The van der Waals surface area contributed by atoms with Crippen molar-refractivity contribution >= 4 is 5.57 Å². The quantitative estimate of drug-likeness (QED) is 0.550. The predicted octanol–water partition coefficient (Wildman–Crippen LogP) is 2.05. The summed E-state index contributed by atoms with van der Waals surface area (Å²) < 4.78 is 0. The molecule has 0 aliphatic heterocycles. The van der Waals surface area contributed by atoms with Gasteiger partial charge in [-0.1, -0.05) is 43.7 Å². The van der Waals surface area contributed by atoms with E-state index in [1.54, 1.807) is 0 Å². The van der Waals surface area contributed by atoms with Crippen LogP contribution < -0.4 is 10.6 Å². The van der Waals surface area contributed by atoms with E-state index in [1.807, 2.05) is 44.2 Å². The smallest absolute Gasteiger partial charge is 0.181 e. The molecule has 1 aromatic rings. The summed E-state index contributed by atoms with van der Waals surface area (Å²) in [5.41, 5.74) is 3.11. The molecule has 1 rings (SSSR count). The van der Waals surface area contributed by atoms with E-state index in [4.69, 9.17) is 0 Å². The Morgan fingerprint density at radius 3 is 2.40 bits per heavy atom. The third kappa shape index (κ3) is 5.33. The Hall–Kier alpha value is -1.36. The Bertz CT molecular complexity index is 418. The molecule has 0 spiro atoms. The van der Waals surface area contributed by atoms with Crippen LogP contribution in [0.25, 0.3) is 5.57 Å². The molecule has 0 aliphatic carbocycles. The van der Waals surface area contributed by atoms with Crippen LogP contribution in [0, 0.1) is 0 Å². The van der Waals surface area contributed by atoms with E-state index in [1.165, 1.54) is 0 Å². The average Bonchev–Trinajstić information content (AvgIpc) is 2.46. The first kappa shape index (κ1) is 16.7. The molecular formula is C16H26N2O2. The molecule has 0 amide bonds. The minimum absolute atomic E-state index is 0.0208. The number of rotatable bonds is 8. The van der Waals surface area contributed by atoms with Gasteiger partial charge in [0.25, 0.3) is 0 Å². The van der Waals surface area contributed by atoms with Crippen molar-refractivity contribution in [2.75, 3.05) is 6.61 Å². The van der Waals surface area contributed by atoms with Gasteiger partial charge in [-0.15, -0.1) is 0 Å². The highest BCUT2D eigenvalue weighted by atomic mass is 16.3. The van der Waals surface area contributed by atoms with Gasteiger partial charge in [-0.2, -0.15) is 0 Å². The van der Waals surface area contributed by atoms with E-state index in [2.05, 4.69) is 17.6 Å². The number of hydrogen-bond donors (Lipinski definition) is 4.